The standard InChI is InChI=1S/C15H11F2NO/c16-12-3-4-13(14(17)6-12)15(19)9-1-2-10-7-18-8-11(10)5-9/h1-6,18H,7-8H2. The second-order valence-corrected chi connectivity index (χ2v) is 4.54. The third kappa shape index (κ3) is 2.15. The van der Waals surface area contributed by atoms with Crippen molar-refractivity contribution < 1.29 is 13.6 Å². The Labute approximate surface area is 109 Å². The van der Waals surface area contributed by atoms with Gasteiger partial charge in [-0.25, -0.2) is 8.78 Å². The Morgan fingerprint density at radius 1 is 1.00 bits per heavy atom. The van der Waals surface area contributed by atoms with Crippen molar-refractivity contribution in [2.24, 2.45) is 0 Å². The van der Waals surface area contributed by atoms with E-state index >= 15 is 0 Å². The van der Waals surface area contributed by atoms with E-state index < -0.39 is 17.4 Å². The molecule has 96 valence electrons. The highest BCUT2D eigenvalue weighted by atomic mass is 19.1. The van der Waals surface area contributed by atoms with Crippen molar-refractivity contribution in [1.82, 2.24) is 5.32 Å². The summed E-state index contributed by atoms with van der Waals surface area (Å²) in [5.41, 5.74) is 2.52. The summed E-state index contributed by atoms with van der Waals surface area (Å²) >= 11 is 0. The lowest BCUT2D eigenvalue weighted by atomic mass is 9.99. The van der Waals surface area contributed by atoms with Gasteiger partial charge < -0.3 is 5.32 Å². The highest BCUT2D eigenvalue weighted by Crippen LogP contribution is 2.20. The summed E-state index contributed by atoms with van der Waals surface area (Å²) in [7, 11) is 0. The monoisotopic (exact) mass is 259 g/mol. The summed E-state index contributed by atoms with van der Waals surface area (Å²) in [5, 5.41) is 3.18. The van der Waals surface area contributed by atoms with Crippen LogP contribution < -0.4 is 5.32 Å². The maximum atomic E-state index is 13.6. The van der Waals surface area contributed by atoms with Gasteiger partial charge >= 0.3 is 0 Å². The fraction of sp³-hybridized carbons (Fsp3) is 0.133. The Morgan fingerprint density at radius 2 is 1.79 bits per heavy atom. The van der Waals surface area contributed by atoms with Gasteiger partial charge in [-0.05, 0) is 29.3 Å². The van der Waals surface area contributed by atoms with Gasteiger partial charge in [-0.1, -0.05) is 12.1 Å². The number of halogens is 2. The molecule has 0 unspecified atom stereocenters. The number of carbonyl (C=O) groups excluding carboxylic acids is 1. The minimum absolute atomic E-state index is 0.104. The molecular weight excluding hydrogens is 248 g/mol. The van der Waals surface area contributed by atoms with Gasteiger partial charge in [-0.15, -0.1) is 0 Å². The second kappa shape index (κ2) is 4.55. The van der Waals surface area contributed by atoms with Gasteiger partial charge in [-0.2, -0.15) is 0 Å². The van der Waals surface area contributed by atoms with Crippen molar-refractivity contribution in [1.29, 1.82) is 0 Å². The molecule has 1 aliphatic rings. The lowest BCUT2D eigenvalue weighted by Gasteiger charge is -2.05. The smallest absolute Gasteiger partial charge is 0.195 e. The lowest BCUT2D eigenvalue weighted by molar-refractivity contribution is 0.103. The number of nitrogens with one attached hydrogen (secondary N) is 1. The molecule has 0 amide bonds. The van der Waals surface area contributed by atoms with Gasteiger partial charge in [0.25, 0.3) is 0 Å². The van der Waals surface area contributed by atoms with E-state index in [1.54, 1.807) is 12.1 Å². The maximum Gasteiger partial charge on any atom is 0.195 e. The number of hydrogen-bond donors (Lipinski definition) is 1. The Morgan fingerprint density at radius 3 is 2.58 bits per heavy atom. The first-order valence-corrected chi connectivity index (χ1v) is 5.97. The number of benzene rings is 2. The molecule has 0 fully saturated rings. The minimum Gasteiger partial charge on any atom is -0.309 e. The molecule has 2 nitrogen and oxygen atoms in total. The number of hydrogen-bond acceptors (Lipinski definition) is 2. The normalized spacial score (nSPS) is 13.4. The zero-order chi connectivity index (χ0) is 13.4. The minimum atomic E-state index is -0.830. The summed E-state index contributed by atoms with van der Waals surface area (Å²) in [6.45, 7) is 1.50. The van der Waals surface area contributed by atoms with Gasteiger partial charge in [0, 0.05) is 24.7 Å². The van der Waals surface area contributed by atoms with Crippen LogP contribution in [0.3, 0.4) is 0 Å². The first-order chi connectivity index (χ1) is 9.15. The molecule has 0 saturated heterocycles. The third-order valence-electron chi connectivity index (χ3n) is 3.28. The van der Waals surface area contributed by atoms with Crippen LogP contribution in [0.4, 0.5) is 8.78 Å². The predicted molar refractivity (Wildman–Crippen MR) is 66.8 cm³/mol. The van der Waals surface area contributed by atoms with Crippen LogP contribution in [-0.2, 0) is 13.1 Å². The molecule has 1 heterocycles. The average molecular weight is 259 g/mol. The molecule has 0 radical (unpaired) electrons. The molecule has 3 rings (SSSR count). The van der Waals surface area contributed by atoms with Crippen molar-refractivity contribution in [2.45, 2.75) is 13.1 Å². The van der Waals surface area contributed by atoms with Gasteiger partial charge in [0.15, 0.2) is 5.78 Å². The van der Waals surface area contributed by atoms with Crippen LogP contribution in [0.15, 0.2) is 36.4 Å². The number of fused-ring (bicyclic) bond motifs is 1. The second-order valence-electron chi connectivity index (χ2n) is 4.54. The maximum absolute atomic E-state index is 13.6. The Hall–Kier alpha value is -2.07. The van der Waals surface area contributed by atoms with Gasteiger partial charge in [-0.3, -0.25) is 4.79 Å². The molecule has 1 N–H and O–H groups in total. The van der Waals surface area contributed by atoms with Crippen LogP contribution in [0.5, 0.6) is 0 Å². The van der Waals surface area contributed by atoms with Crippen LogP contribution in [0, 0.1) is 11.6 Å². The molecule has 1 aliphatic heterocycles. The van der Waals surface area contributed by atoms with E-state index in [-0.39, 0.29) is 5.56 Å². The van der Waals surface area contributed by atoms with Crippen LogP contribution in [0.2, 0.25) is 0 Å². The number of ketones is 1. The molecule has 4 heteroatoms. The van der Waals surface area contributed by atoms with Crippen molar-refractivity contribution >= 4 is 5.78 Å². The van der Waals surface area contributed by atoms with E-state index in [4.69, 9.17) is 0 Å². The van der Waals surface area contributed by atoms with Crippen LogP contribution in [-0.4, -0.2) is 5.78 Å². The molecule has 19 heavy (non-hydrogen) atoms. The van der Waals surface area contributed by atoms with E-state index in [9.17, 15) is 13.6 Å². The average Bonchev–Trinajstić information content (AvgIpc) is 2.85. The Bertz CT molecular complexity index is 667. The van der Waals surface area contributed by atoms with Crippen LogP contribution in [0.1, 0.15) is 27.0 Å². The van der Waals surface area contributed by atoms with E-state index in [2.05, 4.69) is 5.32 Å². The summed E-state index contributed by atoms with van der Waals surface area (Å²) in [4.78, 5) is 12.2. The zero-order valence-electron chi connectivity index (χ0n) is 10.0. The molecule has 0 spiro atoms. The van der Waals surface area contributed by atoms with E-state index in [0.717, 1.165) is 29.8 Å². The fourth-order valence-corrected chi connectivity index (χ4v) is 2.27. The van der Waals surface area contributed by atoms with Crippen molar-refractivity contribution in [3.63, 3.8) is 0 Å². The van der Waals surface area contributed by atoms with Crippen molar-refractivity contribution in [3.8, 4) is 0 Å². The van der Waals surface area contributed by atoms with E-state index in [1.165, 1.54) is 6.07 Å². The quantitative estimate of drug-likeness (QED) is 0.840. The van der Waals surface area contributed by atoms with Crippen LogP contribution >= 0.6 is 0 Å². The first-order valence-electron chi connectivity index (χ1n) is 5.97. The van der Waals surface area contributed by atoms with E-state index in [0.29, 0.717) is 12.1 Å². The summed E-state index contributed by atoms with van der Waals surface area (Å²) in [5.74, 6) is -1.94. The van der Waals surface area contributed by atoms with Gasteiger partial charge in [0.2, 0.25) is 0 Å². The Balaban J connectivity index is 2.00. The molecule has 2 aromatic rings. The largest absolute Gasteiger partial charge is 0.309 e. The molecular formula is C15H11F2NO. The van der Waals surface area contributed by atoms with Gasteiger partial charge in [0.1, 0.15) is 11.6 Å². The molecule has 0 saturated carbocycles. The summed E-state index contributed by atoms with van der Waals surface area (Å²) in [6.07, 6.45) is 0. The molecule has 0 aromatic heterocycles. The van der Waals surface area contributed by atoms with Gasteiger partial charge in [0.05, 0.1) is 5.56 Å². The third-order valence-corrected chi connectivity index (χ3v) is 3.28. The topological polar surface area (TPSA) is 29.1 Å². The summed E-state index contributed by atoms with van der Waals surface area (Å²) < 4.78 is 26.4. The fourth-order valence-electron chi connectivity index (χ4n) is 2.27. The molecule has 0 bridgehead atoms. The zero-order valence-corrected chi connectivity index (χ0v) is 10.0. The number of carbonyl (C=O) groups is 1. The van der Waals surface area contributed by atoms with Crippen molar-refractivity contribution in [2.75, 3.05) is 0 Å². The lowest BCUT2D eigenvalue weighted by Crippen LogP contribution is -2.05. The molecule has 2 aromatic carbocycles. The SMILES string of the molecule is O=C(c1ccc2c(c1)CNC2)c1ccc(F)cc1F. The Kier molecular flexibility index (Phi) is 2.87. The first kappa shape index (κ1) is 12.0. The number of rotatable bonds is 2. The molecule has 0 atom stereocenters. The highest BCUT2D eigenvalue weighted by Gasteiger charge is 2.17. The molecule has 0 aliphatic carbocycles. The van der Waals surface area contributed by atoms with Crippen LogP contribution in [0.25, 0.3) is 0 Å². The van der Waals surface area contributed by atoms with E-state index in [1.807, 2.05) is 6.07 Å². The predicted octanol–water partition coefficient (Wildman–Crippen LogP) is 2.80. The highest BCUT2D eigenvalue weighted by molar-refractivity contribution is 6.09. The van der Waals surface area contributed by atoms with Crippen molar-refractivity contribution in [3.05, 3.63) is 70.3 Å². The summed E-state index contributed by atoms with van der Waals surface area (Å²) in [6, 6.07) is 8.30.